The van der Waals surface area contributed by atoms with Crippen molar-refractivity contribution >= 4 is 17.5 Å². The van der Waals surface area contributed by atoms with Crippen LogP contribution in [0.1, 0.15) is 35.2 Å². The molecule has 26 heavy (non-hydrogen) atoms. The van der Waals surface area contributed by atoms with E-state index in [1.54, 1.807) is 19.2 Å². The first-order chi connectivity index (χ1) is 12.7. The second-order valence-corrected chi connectivity index (χ2v) is 6.44. The molecule has 1 fully saturated rings. The minimum Gasteiger partial charge on any atom is -0.497 e. The van der Waals surface area contributed by atoms with E-state index in [2.05, 4.69) is 5.32 Å². The van der Waals surface area contributed by atoms with E-state index in [0.717, 1.165) is 37.2 Å². The van der Waals surface area contributed by atoms with Crippen molar-refractivity contribution in [2.75, 3.05) is 25.5 Å². The summed E-state index contributed by atoms with van der Waals surface area (Å²) in [5.41, 5.74) is 2.22. The Morgan fingerprint density at radius 1 is 1.04 bits per heavy atom. The lowest BCUT2D eigenvalue weighted by Crippen LogP contribution is -2.28. The summed E-state index contributed by atoms with van der Waals surface area (Å²) in [6.45, 7) is 1.58. The highest BCUT2D eigenvalue weighted by molar-refractivity contribution is 6.03. The van der Waals surface area contributed by atoms with E-state index < -0.39 is 0 Å². The molecule has 0 aromatic heterocycles. The Morgan fingerprint density at radius 3 is 2.42 bits per heavy atom. The molecule has 2 aromatic rings. The average Bonchev–Trinajstić information content (AvgIpc) is 3.21. The molecule has 1 N–H and O–H groups in total. The molecule has 1 aliphatic heterocycles. The maximum atomic E-state index is 12.7. The summed E-state index contributed by atoms with van der Waals surface area (Å²) in [7, 11) is 1.63. The molecule has 0 aliphatic carbocycles. The van der Waals surface area contributed by atoms with Gasteiger partial charge in [0.2, 0.25) is 5.91 Å². The first kappa shape index (κ1) is 18.0. The highest BCUT2D eigenvalue weighted by Crippen LogP contribution is 2.20. The normalized spacial score (nSPS) is 13.5. The number of rotatable bonds is 6. The molecule has 136 valence electrons. The van der Waals surface area contributed by atoms with Crippen LogP contribution in [-0.4, -0.2) is 36.9 Å². The van der Waals surface area contributed by atoms with Gasteiger partial charge in [-0.25, -0.2) is 0 Å². The van der Waals surface area contributed by atoms with Crippen LogP contribution < -0.4 is 10.1 Å². The van der Waals surface area contributed by atoms with Gasteiger partial charge in [-0.3, -0.25) is 9.59 Å². The number of anilines is 1. The van der Waals surface area contributed by atoms with Crippen LogP contribution in [0, 0.1) is 0 Å². The number of para-hydroxylation sites is 1. The van der Waals surface area contributed by atoms with E-state index in [9.17, 15) is 9.59 Å². The van der Waals surface area contributed by atoms with Crippen molar-refractivity contribution in [1.82, 2.24) is 4.90 Å². The van der Waals surface area contributed by atoms with Gasteiger partial charge in [-0.05, 0) is 49.1 Å². The molecule has 1 heterocycles. The molecule has 2 aromatic carbocycles. The van der Waals surface area contributed by atoms with E-state index in [1.807, 2.05) is 41.3 Å². The monoisotopic (exact) mass is 352 g/mol. The molecule has 2 amide bonds. The number of carbonyl (C=O) groups excluding carboxylic acids is 2. The molecule has 0 spiro atoms. The summed E-state index contributed by atoms with van der Waals surface area (Å²) in [4.78, 5) is 26.8. The van der Waals surface area contributed by atoms with E-state index in [-0.39, 0.29) is 11.8 Å². The number of amides is 2. The maximum absolute atomic E-state index is 12.7. The number of aryl methyl sites for hydroxylation is 1. The van der Waals surface area contributed by atoms with Gasteiger partial charge >= 0.3 is 0 Å². The van der Waals surface area contributed by atoms with Gasteiger partial charge in [0, 0.05) is 19.5 Å². The van der Waals surface area contributed by atoms with E-state index in [0.29, 0.717) is 24.1 Å². The van der Waals surface area contributed by atoms with E-state index in [1.165, 1.54) is 0 Å². The molecule has 0 bridgehead atoms. The third-order valence-electron chi connectivity index (χ3n) is 4.62. The first-order valence-electron chi connectivity index (χ1n) is 8.98. The van der Waals surface area contributed by atoms with Crippen LogP contribution in [0.25, 0.3) is 0 Å². The maximum Gasteiger partial charge on any atom is 0.255 e. The van der Waals surface area contributed by atoms with E-state index in [4.69, 9.17) is 4.74 Å². The van der Waals surface area contributed by atoms with Gasteiger partial charge < -0.3 is 15.0 Å². The minimum atomic E-state index is -0.0949. The Bertz CT molecular complexity index is 765. The van der Waals surface area contributed by atoms with Gasteiger partial charge in [-0.15, -0.1) is 0 Å². The molecule has 5 nitrogen and oxygen atoms in total. The molecule has 0 radical (unpaired) electrons. The summed E-state index contributed by atoms with van der Waals surface area (Å²) >= 11 is 0. The molecule has 0 atom stereocenters. The Morgan fingerprint density at radius 2 is 1.73 bits per heavy atom. The Labute approximate surface area is 154 Å². The quantitative estimate of drug-likeness (QED) is 0.866. The molecular formula is C21H24N2O3. The number of hydrogen-bond donors (Lipinski definition) is 1. The van der Waals surface area contributed by atoms with Gasteiger partial charge in [0.15, 0.2) is 0 Å². The van der Waals surface area contributed by atoms with Gasteiger partial charge in [0.05, 0.1) is 18.4 Å². The fraction of sp³-hybridized carbons (Fsp3) is 0.333. The van der Waals surface area contributed by atoms with Crippen molar-refractivity contribution in [2.45, 2.75) is 25.7 Å². The number of nitrogens with one attached hydrogen (secondary N) is 1. The van der Waals surface area contributed by atoms with Crippen LogP contribution in [0.3, 0.4) is 0 Å². The smallest absolute Gasteiger partial charge is 0.255 e. The predicted molar refractivity (Wildman–Crippen MR) is 102 cm³/mol. The number of methoxy groups -OCH3 is 1. The van der Waals surface area contributed by atoms with Gasteiger partial charge in [-0.1, -0.05) is 24.3 Å². The molecule has 0 saturated carbocycles. The van der Waals surface area contributed by atoms with Crippen LogP contribution >= 0.6 is 0 Å². The molecule has 5 heteroatoms. The van der Waals surface area contributed by atoms with Gasteiger partial charge in [0.25, 0.3) is 5.91 Å². The number of likely N-dealkylation sites (tertiary alicyclic amines) is 1. The van der Waals surface area contributed by atoms with Crippen LogP contribution in [0.5, 0.6) is 5.75 Å². The highest BCUT2D eigenvalue weighted by atomic mass is 16.5. The third kappa shape index (κ3) is 4.42. The van der Waals surface area contributed by atoms with Crippen LogP contribution in [-0.2, 0) is 11.2 Å². The summed E-state index contributed by atoms with van der Waals surface area (Å²) < 4.78 is 5.14. The Kier molecular flexibility index (Phi) is 5.89. The summed E-state index contributed by atoms with van der Waals surface area (Å²) in [6.07, 6.45) is 3.08. The SMILES string of the molecule is COc1ccc(CCC(=O)Nc2ccccc2C(=O)N2CCCC2)cc1. The van der Waals surface area contributed by atoms with Crippen molar-refractivity contribution in [2.24, 2.45) is 0 Å². The van der Waals surface area contributed by atoms with Crippen molar-refractivity contribution in [1.29, 1.82) is 0 Å². The van der Waals surface area contributed by atoms with Gasteiger partial charge in [0.1, 0.15) is 5.75 Å². The zero-order valence-electron chi connectivity index (χ0n) is 15.0. The third-order valence-corrected chi connectivity index (χ3v) is 4.62. The molecule has 3 rings (SSSR count). The van der Waals surface area contributed by atoms with E-state index >= 15 is 0 Å². The second-order valence-electron chi connectivity index (χ2n) is 6.44. The summed E-state index contributed by atoms with van der Waals surface area (Å²) in [5.74, 6) is 0.698. The Balaban J connectivity index is 1.61. The summed E-state index contributed by atoms with van der Waals surface area (Å²) in [5, 5.41) is 2.90. The largest absolute Gasteiger partial charge is 0.497 e. The number of hydrogen-bond acceptors (Lipinski definition) is 3. The van der Waals surface area contributed by atoms with Crippen LogP contribution in [0.4, 0.5) is 5.69 Å². The zero-order valence-corrected chi connectivity index (χ0v) is 15.0. The van der Waals surface area contributed by atoms with Crippen molar-refractivity contribution in [3.63, 3.8) is 0 Å². The lowest BCUT2D eigenvalue weighted by Gasteiger charge is -2.18. The number of benzene rings is 2. The van der Waals surface area contributed by atoms with Crippen LogP contribution in [0.2, 0.25) is 0 Å². The predicted octanol–water partition coefficient (Wildman–Crippen LogP) is 3.50. The fourth-order valence-electron chi connectivity index (χ4n) is 3.13. The molecule has 0 unspecified atom stereocenters. The lowest BCUT2D eigenvalue weighted by molar-refractivity contribution is -0.116. The lowest BCUT2D eigenvalue weighted by atomic mass is 10.1. The van der Waals surface area contributed by atoms with Crippen molar-refractivity contribution in [3.8, 4) is 5.75 Å². The Hall–Kier alpha value is -2.82. The zero-order chi connectivity index (χ0) is 18.4. The number of nitrogens with zero attached hydrogens (tertiary/aromatic N) is 1. The first-order valence-corrected chi connectivity index (χ1v) is 8.98. The summed E-state index contributed by atoms with van der Waals surface area (Å²) in [6, 6.07) is 14.9. The van der Waals surface area contributed by atoms with Crippen LogP contribution in [0.15, 0.2) is 48.5 Å². The average molecular weight is 352 g/mol. The van der Waals surface area contributed by atoms with Crippen molar-refractivity contribution in [3.05, 3.63) is 59.7 Å². The molecule has 1 aliphatic rings. The minimum absolute atomic E-state index is 0.00597. The topological polar surface area (TPSA) is 58.6 Å². The molecule has 1 saturated heterocycles. The standard InChI is InChI=1S/C21H24N2O3/c1-26-17-11-8-16(9-12-17)10-13-20(24)22-19-7-3-2-6-18(19)21(25)23-14-4-5-15-23/h2-3,6-9,11-12H,4-5,10,13-15H2,1H3,(H,22,24). The fourth-order valence-corrected chi connectivity index (χ4v) is 3.13. The highest BCUT2D eigenvalue weighted by Gasteiger charge is 2.22. The van der Waals surface area contributed by atoms with Gasteiger partial charge in [-0.2, -0.15) is 0 Å². The molecular weight excluding hydrogens is 328 g/mol. The van der Waals surface area contributed by atoms with Crippen molar-refractivity contribution < 1.29 is 14.3 Å². The number of carbonyl (C=O) groups is 2. The second kappa shape index (κ2) is 8.52. The number of ether oxygens (including phenoxy) is 1.